The van der Waals surface area contributed by atoms with Gasteiger partial charge in [0, 0.05) is 18.7 Å². The quantitative estimate of drug-likeness (QED) is 0.362. The average Bonchev–Trinajstić information content (AvgIpc) is 2.88. The molecular formula is C30H30N2O. The lowest BCUT2D eigenvalue weighted by atomic mass is 9.88. The summed E-state index contributed by atoms with van der Waals surface area (Å²) in [5.74, 6) is 0.00909. The minimum atomic E-state index is 0.00909. The average molecular weight is 435 g/mol. The summed E-state index contributed by atoms with van der Waals surface area (Å²) in [6.07, 6.45) is 3.13. The fourth-order valence-corrected chi connectivity index (χ4v) is 4.96. The molecule has 0 radical (unpaired) electrons. The van der Waals surface area contributed by atoms with Gasteiger partial charge in [0.1, 0.15) is 0 Å². The minimum absolute atomic E-state index is 0.00909. The molecule has 4 aromatic rings. The molecule has 166 valence electrons. The van der Waals surface area contributed by atoms with Gasteiger partial charge in [-0.25, -0.2) is 0 Å². The molecule has 33 heavy (non-hydrogen) atoms. The Hall–Kier alpha value is -3.43. The number of amides is 1. The van der Waals surface area contributed by atoms with Gasteiger partial charge in [-0.2, -0.15) is 0 Å². The van der Waals surface area contributed by atoms with E-state index in [1.54, 1.807) is 0 Å². The van der Waals surface area contributed by atoms with Gasteiger partial charge in [0.15, 0.2) is 0 Å². The van der Waals surface area contributed by atoms with E-state index in [2.05, 4.69) is 70.9 Å². The molecule has 0 aromatic heterocycles. The lowest BCUT2D eigenvalue weighted by Crippen LogP contribution is -2.37. The first-order chi connectivity index (χ1) is 16.3. The number of nitrogens with one attached hydrogen (secondary N) is 1. The summed E-state index contributed by atoms with van der Waals surface area (Å²) in [5, 5.41) is 5.36. The first kappa shape index (κ1) is 21.4. The van der Waals surface area contributed by atoms with Crippen molar-refractivity contribution in [3.8, 4) is 0 Å². The lowest BCUT2D eigenvalue weighted by molar-refractivity contribution is 0.0952. The van der Waals surface area contributed by atoms with Crippen LogP contribution < -0.4 is 5.32 Å². The van der Waals surface area contributed by atoms with E-state index in [1.165, 1.54) is 16.7 Å². The fourth-order valence-electron chi connectivity index (χ4n) is 4.96. The number of rotatable bonds is 7. The second-order valence-corrected chi connectivity index (χ2v) is 8.82. The van der Waals surface area contributed by atoms with Gasteiger partial charge in [0.25, 0.3) is 5.91 Å². The Kier molecular flexibility index (Phi) is 6.50. The molecule has 1 atom stereocenters. The Balaban J connectivity index is 1.17. The van der Waals surface area contributed by atoms with Gasteiger partial charge in [-0.3, -0.25) is 9.69 Å². The van der Waals surface area contributed by atoms with Crippen LogP contribution in [0.15, 0.2) is 97.1 Å². The molecule has 3 nitrogen and oxygen atoms in total. The molecule has 0 fully saturated rings. The molecule has 1 amide bonds. The maximum Gasteiger partial charge on any atom is 0.251 e. The molecule has 1 aliphatic rings. The van der Waals surface area contributed by atoms with Crippen LogP contribution in [0.1, 0.15) is 45.9 Å². The molecule has 0 aliphatic carbocycles. The molecule has 4 aromatic carbocycles. The molecule has 3 heteroatoms. The van der Waals surface area contributed by atoms with Crippen LogP contribution in [0.3, 0.4) is 0 Å². The van der Waals surface area contributed by atoms with Crippen molar-refractivity contribution < 1.29 is 4.79 Å². The second-order valence-electron chi connectivity index (χ2n) is 8.82. The first-order valence-electron chi connectivity index (χ1n) is 11.9. The van der Waals surface area contributed by atoms with Crippen LogP contribution in [0.5, 0.6) is 0 Å². The number of fused-ring (bicyclic) bond motifs is 2. The maximum absolute atomic E-state index is 12.6. The zero-order valence-electron chi connectivity index (χ0n) is 18.9. The van der Waals surface area contributed by atoms with Gasteiger partial charge >= 0.3 is 0 Å². The summed E-state index contributed by atoms with van der Waals surface area (Å²) in [6.45, 7) is 2.80. The highest BCUT2D eigenvalue weighted by Gasteiger charge is 2.27. The Morgan fingerprint density at radius 1 is 0.818 bits per heavy atom. The van der Waals surface area contributed by atoms with Crippen LogP contribution in [-0.4, -0.2) is 30.4 Å². The predicted octanol–water partition coefficient (Wildman–Crippen LogP) is 6.00. The Morgan fingerprint density at radius 3 is 2.45 bits per heavy atom. The zero-order valence-corrected chi connectivity index (χ0v) is 18.9. The van der Waals surface area contributed by atoms with Crippen molar-refractivity contribution in [3.63, 3.8) is 0 Å². The van der Waals surface area contributed by atoms with E-state index < -0.39 is 0 Å². The van der Waals surface area contributed by atoms with Crippen molar-refractivity contribution >= 4 is 16.7 Å². The van der Waals surface area contributed by atoms with Crippen molar-refractivity contribution in [2.45, 2.75) is 25.3 Å². The first-order valence-corrected chi connectivity index (χ1v) is 11.9. The van der Waals surface area contributed by atoms with E-state index in [4.69, 9.17) is 0 Å². The van der Waals surface area contributed by atoms with Gasteiger partial charge in [0.2, 0.25) is 0 Å². The smallest absolute Gasteiger partial charge is 0.251 e. The SMILES string of the molecule is O=C(NCCCCN1CCc2ccccc2[C@H]1c1ccccc1)c1ccc2ccccc2c1. The van der Waals surface area contributed by atoms with Crippen LogP contribution in [0.2, 0.25) is 0 Å². The molecule has 1 aliphatic heterocycles. The summed E-state index contributed by atoms with van der Waals surface area (Å²) in [6, 6.07) is 34.0. The van der Waals surface area contributed by atoms with Gasteiger partial charge in [-0.15, -0.1) is 0 Å². The topological polar surface area (TPSA) is 32.3 Å². The maximum atomic E-state index is 12.6. The molecule has 1 heterocycles. The van der Waals surface area contributed by atoms with Crippen molar-refractivity contribution in [2.24, 2.45) is 0 Å². The summed E-state index contributed by atoms with van der Waals surface area (Å²) >= 11 is 0. The summed E-state index contributed by atoms with van der Waals surface area (Å²) in [5.41, 5.74) is 4.98. The van der Waals surface area contributed by atoms with Gasteiger partial charge in [-0.05, 0) is 65.4 Å². The Bertz CT molecular complexity index is 1230. The Labute approximate surface area is 196 Å². The third kappa shape index (κ3) is 4.84. The monoisotopic (exact) mass is 434 g/mol. The van der Waals surface area contributed by atoms with E-state index in [9.17, 15) is 4.79 Å². The second kappa shape index (κ2) is 10.0. The van der Waals surface area contributed by atoms with Crippen LogP contribution in [0.4, 0.5) is 0 Å². The zero-order chi connectivity index (χ0) is 22.5. The minimum Gasteiger partial charge on any atom is -0.352 e. The number of carbonyl (C=O) groups excluding carboxylic acids is 1. The van der Waals surface area contributed by atoms with Gasteiger partial charge in [0.05, 0.1) is 6.04 Å². The van der Waals surface area contributed by atoms with Crippen LogP contribution in [0.25, 0.3) is 10.8 Å². The number of nitrogens with zero attached hydrogens (tertiary/aromatic N) is 1. The predicted molar refractivity (Wildman–Crippen MR) is 136 cm³/mol. The summed E-state index contributed by atoms with van der Waals surface area (Å²) in [7, 11) is 0. The lowest BCUT2D eigenvalue weighted by Gasteiger charge is -2.38. The van der Waals surface area contributed by atoms with E-state index in [-0.39, 0.29) is 5.91 Å². The van der Waals surface area contributed by atoms with Crippen molar-refractivity contribution in [3.05, 3.63) is 119 Å². The van der Waals surface area contributed by atoms with Gasteiger partial charge in [-0.1, -0.05) is 84.9 Å². The summed E-state index contributed by atoms with van der Waals surface area (Å²) in [4.78, 5) is 15.2. The highest BCUT2D eigenvalue weighted by Crippen LogP contribution is 2.35. The number of hydrogen-bond donors (Lipinski definition) is 1. The van der Waals surface area contributed by atoms with Crippen molar-refractivity contribution in [1.82, 2.24) is 10.2 Å². The molecule has 0 bridgehead atoms. The molecule has 0 spiro atoms. The number of unbranched alkanes of at least 4 members (excludes halogenated alkanes) is 1. The third-order valence-electron chi connectivity index (χ3n) is 6.67. The van der Waals surface area contributed by atoms with Crippen LogP contribution in [-0.2, 0) is 6.42 Å². The van der Waals surface area contributed by atoms with Gasteiger partial charge < -0.3 is 5.32 Å². The third-order valence-corrected chi connectivity index (χ3v) is 6.67. The van der Waals surface area contributed by atoms with E-state index >= 15 is 0 Å². The highest BCUT2D eigenvalue weighted by atomic mass is 16.1. The van der Waals surface area contributed by atoms with E-state index in [0.717, 1.165) is 48.7 Å². The fraction of sp³-hybridized carbons (Fsp3) is 0.233. The standard InChI is InChI=1S/C30H30N2O/c33-30(27-17-16-23-10-4-5-14-26(23)22-27)31-19-8-9-20-32-21-18-24-11-6-7-15-28(24)29(32)25-12-2-1-3-13-25/h1-7,10-17,22,29H,8-9,18-21H2,(H,31,33)/t29-/m1/s1. The molecule has 0 saturated carbocycles. The molecular weight excluding hydrogens is 404 g/mol. The molecule has 5 rings (SSSR count). The molecule has 1 N–H and O–H groups in total. The van der Waals surface area contributed by atoms with Crippen molar-refractivity contribution in [2.75, 3.05) is 19.6 Å². The van der Waals surface area contributed by atoms with Crippen LogP contribution >= 0.6 is 0 Å². The van der Waals surface area contributed by atoms with E-state index in [1.807, 2.05) is 36.4 Å². The summed E-state index contributed by atoms with van der Waals surface area (Å²) < 4.78 is 0. The Morgan fingerprint density at radius 2 is 1.58 bits per heavy atom. The number of hydrogen-bond acceptors (Lipinski definition) is 2. The highest BCUT2D eigenvalue weighted by molar-refractivity contribution is 5.98. The largest absolute Gasteiger partial charge is 0.352 e. The number of benzene rings is 4. The normalized spacial score (nSPS) is 15.8. The molecule has 0 saturated heterocycles. The van der Waals surface area contributed by atoms with E-state index in [0.29, 0.717) is 12.6 Å². The van der Waals surface area contributed by atoms with Crippen LogP contribution in [0, 0.1) is 0 Å². The van der Waals surface area contributed by atoms with Crippen molar-refractivity contribution in [1.29, 1.82) is 0 Å². The number of carbonyl (C=O) groups is 1. The molecule has 0 unspecified atom stereocenters.